The van der Waals surface area contributed by atoms with Gasteiger partial charge in [-0.3, -0.25) is 4.79 Å². The van der Waals surface area contributed by atoms with E-state index < -0.39 is 0 Å². The van der Waals surface area contributed by atoms with Gasteiger partial charge in [0.25, 0.3) is 0 Å². The summed E-state index contributed by atoms with van der Waals surface area (Å²) >= 11 is 0. The van der Waals surface area contributed by atoms with E-state index in [0.717, 1.165) is 33.5 Å². The van der Waals surface area contributed by atoms with Gasteiger partial charge in [0.2, 0.25) is 6.41 Å². The Labute approximate surface area is 186 Å². The summed E-state index contributed by atoms with van der Waals surface area (Å²) in [7, 11) is 0. The molecule has 1 heterocycles. The summed E-state index contributed by atoms with van der Waals surface area (Å²) in [6.07, 6.45) is 1.49. The molecule has 0 bridgehead atoms. The van der Waals surface area contributed by atoms with Gasteiger partial charge in [0.15, 0.2) is 0 Å². The summed E-state index contributed by atoms with van der Waals surface area (Å²) in [6, 6.07) is 23.4. The van der Waals surface area contributed by atoms with Crippen LogP contribution < -0.4 is 22.1 Å². The Morgan fingerprint density at radius 2 is 1.62 bits per heavy atom. The number of anilines is 1. The number of urea groups is 1. The van der Waals surface area contributed by atoms with E-state index in [9.17, 15) is 4.79 Å². The summed E-state index contributed by atoms with van der Waals surface area (Å²) < 4.78 is 0. The Hall–Kier alpha value is -4.39. The van der Waals surface area contributed by atoms with Gasteiger partial charge in [-0.05, 0) is 47.4 Å². The quantitative estimate of drug-likeness (QED) is 0.246. The molecule has 1 atom stereocenters. The normalized spacial score (nSPS) is 15.0. The Balaban J connectivity index is 0.000000913. The number of primary amides is 1. The lowest BCUT2D eigenvalue weighted by molar-refractivity contribution is -0.106. The van der Waals surface area contributed by atoms with Crippen molar-refractivity contribution in [1.82, 2.24) is 10.6 Å². The molecule has 0 spiro atoms. The van der Waals surface area contributed by atoms with E-state index in [-0.39, 0.29) is 18.5 Å². The Morgan fingerprint density at radius 3 is 2.31 bits per heavy atom. The molecule has 1 aliphatic heterocycles. The predicted molar refractivity (Wildman–Crippen MR) is 128 cm³/mol. The summed E-state index contributed by atoms with van der Waals surface area (Å²) in [5.41, 5.74) is 17.2. The third-order valence-electron chi connectivity index (χ3n) is 5.15. The van der Waals surface area contributed by atoms with Gasteiger partial charge >= 0.3 is 6.03 Å². The maximum absolute atomic E-state index is 12.3. The van der Waals surface area contributed by atoms with Gasteiger partial charge < -0.3 is 27.5 Å². The molecule has 3 aromatic carbocycles. The first-order chi connectivity index (χ1) is 15.5. The van der Waals surface area contributed by atoms with E-state index in [0.29, 0.717) is 11.3 Å². The molecule has 0 radical (unpaired) electrons. The number of nitrogens with one attached hydrogen (secondary N) is 3. The molecule has 0 fully saturated rings. The molecule has 0 saturated heterocycles. The van der Waals surface area contributed by atoms with E-state index in [2.05, 4.69) is 40.6 Å². The molecule has 1 unspecified atom stereocenters. The molecule has 7 heteroatoms. The topological polar surface area (TPSA) is 134 Å². The first-order valence-corrected chi connectivity index (χ1v) is 9.98. The minimum atomic E-state index is -0.311. The number of nitrogen functional groups attached to an aromatic ring is 1. The average Bonchev–Trinajstić information content (AvgIpc) is 2.80. The molecule has 7 nitrogen and oxygen atoms in total. The smallest absolute Gasteiger partial charge is 0.319 e. The second-order valence-electron chi connectivity index (χ2n) is 7.19. The molecule has 4 rings (SSSR count). The lowest BCUT2D eigenvalue weighted by Gasteiger charge is -2.30. The number of hydrogen-bond donors (Lipinski definition) is 5. The molecule has 32 heavy (non-hydrogen) atoms. The van der Waals surface area contributed by atoms with Crippen LogP contribution >= 0.6 is 0 Å². The summed E-state index contributed by atoms with van der Waals surface area (Å²) in [5.74, 6) is 0. The first kappa shape index (κ1) is 22.3. The van der Waals surface area contributed by atoms with Crippen molar-refractivity contribution in [3.05, 3.63) is 95.2 Å². The monoisotopic (exact) mass is 427 g/mol. The fourth-order valence-corrected chi connectivity index (χ4v) is 3.72. The maximum Gasteiger partial charge on any atom is 0.319 e. The third-order valence-corrected chi connectivity index (χ3v) is 5.15. The molecule has 0 aromatic heterocycles. The Morgan fingerprint density at radius 1 is 0.938 bits per heavy atom. The molecule has 162 valence electrons. The van der Waals surface area contributed by atoms with E-state index in [1.54, 1.807) is 6.07 Å². The fourth-order valence-electron chi connectivity index (χ4n) is 3.72. The van der Waals surface area contributed by atoms with E-state index >= 15 is 0 Å². The van der Waals surface area contributed by atoms with Crippen LogP contribution in [0.4, 0.5) is 10.5 Å². The number of carbonyl (C=O) groups is 2. The van der Waals surface area contributed by atoms with Gasteiger partial charge in [0, 0.05) is 28.7 Å². The van der Waals surface area contributed by atoms with Gasteiger partial charge in [-0.25, -0.2) is 4.79 Å². The minimum absolute atomic E-state index is 0.232. The molecule has 3 amide bonds. The molecule has 1 aliphatic rings. The van der Waals surface area contributed by atoms with Crippen molar-refractivity contribution in [3.8, 4) is 11.1 Å². The number of benzene rings is 3. The van der Waals surface area contributed by atoms with E-state index in [4.69, 9.17) is 15.9 Å². The van der Waals surface area contributed by atoms with Gasteiger partial charge in [0.05, 0.1) is 6.04 Å². The van der Waals surface area contributed by atoms with E-state index in [1.807, 2.05) is 49.4 Å². The van der Waals surface area contributed by atoms with Crippen LogP contribution in [0, 0.1) is 5.41 Å². The maximum atomic E-state index is 12.3. The molecule has 7 N–H and O–H groups in total. The van der Waals surface area contributed by atoms with Crippen LogP contribution in [0.25, 0.3) is 16.7 Å². The average molecular weight is 428 g/mol. The van der Waals surface area contributed by atoms with Crippen LogP contribution in [0.15, 0.2) is 78.5 Å². The van der Waals surface area contributed by atoms with Crippen LogP contribution in [0.1, 0.15) is 29.7 Å². The number of allylic oxidation sites excluding steroid dienone is 1. The minimum Gasteiger partial charge on any atom is -0.398 e. The predicted octanol–water partition coefficient (Wildman–Crippen LogP) is 3.82. The standard InChI is InChI=1S/C24H22N4O.CH3NO/c1-15-22(18-10-11-21(26)20(13-18)14-25)23(28-24(29)27-15)19-9-5-8-17(12-19)16-6-3-2-4-7-16;2-1-3/h2-14,23,25H,26H2,1H3,(H2,27,28,29);1H,(H2,2,3). The SMILES string of the molecule is CC1=C(c2ccc(N)c(C=N)c2)C(c2cccc(-c3ccccc3)c2)NC(=O)N1.NC=O. The Kier molecular flexibility index (Phi) is 7.02. The highest BCUT2D eigenvalue weighted by Crippen LogP contribution is 2.36. The highest BCUT2D eigenvalue weighted by atomic mass is 16.2. The van der Waals surface area contributed by atoms with E-state index in [1.165, 1.54) is 6.21 Å². The highest BCUT2D eigenvalue weighted by molar-refractivity contribution is 5.91. The zero-order valence-corrected chi connectivity index (χ0v) is 17.6. The second kappa shape index (κ2) is 10.1. The number of nitrogens with two attached hydrogens (primary N) is 2. The zero-order valence-electron chi connectivity index (χ0n) is 17.6. The number of carbonyl (C=O) groups excluding carboxylic acids is 2. The first-order valence-electron chi connectivity index (χ1n) is 9.98. The van der Waals surface area contributed by atoms with Crippen molar-refractivity contribution in [1.29, 1.82) is 5.41 Å². The van der Waals surface area contributed by atoms with Crippen LogP contribution in [0.5, 0.6) is 0 Å². The second-order valence-corrected chi connectivity index (χ2v) is 7.19. The molecule has 0 saturated carbocycles. The van der Waals surface area contributed by atoms with Crippen LogP contribution in [0.2, 0.25) is 0 Å². The molecule has 0 aliphatic carbocycles. The fraction of sp³-hybridized carbons (Fsp3) is 0.0800. The zero-order chi connectivity index (χ0) is 23.1. The van der Waals surface area contributed by atoms with Crippen molar-refractivity contribution < 1.29 is 9.59 Å². The Bertz CT molecular complexity index is 1170. The largest absolute Gasteiger partial charge is 0.398 e. The van der Waals surface area contributed by atoms with Gasteiger partial charge in [0.1, 0.15) is 0 Å². The molecular weight excluding hydrogens is 402 g/mol. The van der Waals surface area contributed by atoms with Crippen molar-refractivity contribution in [2.45, 2.75) is 13.0 Å². The number of hydrogen-bond acceptors (Lipinski definition) is 4. The van der Waals surface area contributed by atoms with Crippen LogP contribution in [0.3, 0.4) is 0 Å². The lowest BCUT2D eigenvalue weighted by atomic mass is 9.88. The summed E-state index contributed by atoms with van der Waals surface area (Å²) in [6.45, 7) is 1.89. The van der Waals surface area contributed by atoms with Crippen molar-refractivity contribution in [2.24, 2.45) is 5.73 Å². The lowest BCUT2D eigenvalue weighted by Crippen LogP contribution is -2.42. The van der Waals surface area contributed by atoms with Crippen molar-refractivity contribution in [3.63, 3.8) is 0 Å². The molecular formula is C25H25N5O2. The van der Waals surface area contributed by atoms with Crippen LogP contribution in [-0.4, -0.2) is 18.7 Å². The third kappa shape index (κ3) is 4.84. The number of amides is 3. The highest BCUT2D eigenvalue weighted by Gasteiger charge is 2.28. The van der Waals surface area contributed by atoms with Crippen molar-refractivity contribution >= 4 is 29.9 Å². The van der Waals surface area contributed by atoms with Gasteiger partial charge in [-0.15, -0.1) is 0 Å². The van der Waals surface area contributed by atoms with Gasteiger partial charge in [-0.2, -0.15) is 0 Å². The molecule has 3 aromatic rings. The summed E-state index contributed by atoms with van der Waals surface area (Å²) in [5, 5.41) is 13.5. The van der Waals surface area contributed by atoms with Crippen LogP contribution in [-0.2, 0) is 4.79 Å². The number of rotatable bonds is 4. The van der Waals surface area contributed by atoms with Crippen molar-refractivity contribution in [2.75, 3.05) is 5.73 Å². The summed E-state index contributed by atoms with van der Waals surface area (Å²) in [4.78, 5) is 20.8. The van der Waals surface area contributed by atoms with Gasteiger partial charge in [-0.1, -0.05) is 54.6 Å².